The first-order valence-electron chi connectivity index (χ1n) is 6.55. The van der Waals surface area contributed by atoms with E-state index in [2.05, 4.69) is 17.3 Å². The number of hydrogen-bond donors (Lipinski definition) is 1. The number of aromatic nitrogens is 2. The topological polar surface area (TPSA) is 29.9 Å². The Hall–Kier alpha value is -1.03. The first kappa shape index (κ1) is 15.4. The van der Waals surface area contributed by atoms with Gasteiger partial charge in [-0.3, -0.25) is 4.68 Å². The van der Waals surface area contributed by atoms with Gasteiger partial charge in [0.2, 0.25) is 0 Å². The molecule has 2 rings (SSSR count). The smallest absolute Gasteiger partial charge is 0.0644 e. The van der Waals surface area contributed by atoms with E-state index in [9.17, 15) is 0 Å². The van der Waals surface area contributed by atoms with Gasteiger partial charge >= 0.3 is 0 Å². The molecule has 0 aliphatic carbocycles. The molecular weight excluding hydrogens is 293 g/mol. The van der Waals surface area contributed by atoms with Crippen LogP contribution in [-0.2, 0) is 13.5 Å². The van der Waals surface area contributed by atoms with Gasteiger partial charge in [0.05, 0.1) is 5.69 Å². The molecule has 0 fully saturated rings. The first-order valence-corrected chi connectivity index (χ1v) is 7.31. The minimum atomic E-state index is 0.183. The van der Waals surface area contributed by atoms with Crippen molar-refractivity contribution in [2.75, 3.05) is 7.05 Å². The second-order valence-corrected chi connectivity index (χ2v) is 5.83. The average Bonchev–Trinajstić information content (AvgIpc) is 2.63. The summed E-state index contributed by atoms with van der Waals surface area (Å²) >= 11 is 12.2. The van der Waals surface area contributed by atoms with Crippen molar-refractivity contribution in [3.63, 3.8) is 0 Å². The highest BCUT2D eigenvalue weighted by molar-refractivity contribution is 6.35. The number of likely N-dealkylation sites (N-methyl/N-ethyl adjacent to an activating group) is 1. The van der Waals surface area contributed by atoms with E-state index in [-0.39, 0.29) is 6.04 Å². The van der Waals surface area contributed by atoms with Crippen LogP contribution in [0.3, 0.4) is 0 Å². The van der Waals surface area contributed by atoms with Crippen molar-refractivity contribution in [1.29, 1.82) is 0 Å². The van der Waals surface area contributed by atoms with Gasteiger partial charge < -0.3 is 5.32 Å². The van der Waals surface area contributed by atoms with Gasteiger partial charge in [-0.1, -0.05) is 29.3 Å². The first-order chi connectivity index (χ1) is 9.43. The molecule has 5 heteroatoms. The molecule has 1 atom stereocenters. The van der Waals surface area contributed by atoms with Crippen molar-refractivity contribution < 1.29 is 0 Å². The molecule has 108 valence electrons. The highest BCUT2D eigenvalue weighted by Crippen LogP contribution is 2.28. The summed E-state index contributed by atoms with van der Waals surface area (Å²) in [5, 5.41) is 9.21. The standard InChI is InChI=1S/C15H19Cl2N3/c1-9-15(10(2)20(4)19-9)14(18-3)7-11-5-6-12(16)8-13(11)17/h5-6,8,14,18H,7H2,1-4H3. The summed E-state index contributed by atoms with van der Waals surface area (Å²) in [5.74, 6) is 0. The zero-order valence-electron chi connectivity index (χ0n) is 12.2. The fourth-order valence-electron chi connectivity index (χ4n) is 2.55. The third-order valence-electron chi connectivity index (χ3n) is 3.70. The van der Waals surface area contributed by atoms with Crippen molar-refractivity contribution >= 4 is 23.2 Å². The summed E-state index contributed by atoms with van der Waals surface area (Å²) in [7, 11) is 3.92. The Morgan fingerprint density at radius 3 is 2.50 bits per heavy atom. The maximum absolute atomic E-state index is 6.27. The highest BCUT2D eigenvalue weighted by atomic mass is 35.5. The number of rotatable bonds is 4. The summed E-state index contributed by atoms with van der Waals surface area (Å²) in [6, 6.07) is 5.82. The third-order valence-corrected chi connectivity index (χ3v) is 4.29. The summed E-state index contributed by atoms with van der Waals surface area (Å²) in [5.41, 5.74) is 4.54. The van der Waals surface area contributed by atoms with Gasteiger partial charge in [0.25, 0.3) is 0 Å². The molecule has 1 N–H and O–H groups in total. The Balaban J connectivity index is 2.33. The van der Waals surface area contributed by atoms with Crippen molar-refractivity contribution in [3.8, 4) is 0 Å². The Bertz CT molecular complexity index is 620. The van der Waals surface area contributed by atoms with Crippen LogP contribution in [0.15, 0.2) is 18.2 Å². The Labute approximate surface area is 129 Å². The predicted molar refractivity (Wildman–Crippen MR) is 84.6 cm³/mol. The van der Waals surface area contributed by atoms with E-state index in [1.807, 2.05) is 37.8 Å². The molecule has 1 aromatic carbocycles. The fraction of sp³-hybridized carbons (Fsp3) is 0.400. The minimum absolute atomic E-state index is 0.183. The van der Waals surface area contributed by atoms with Gasteiger partial charge in [-0.05, 0) is 45.0 Å². The van der Waals surface area contributed by atoms with Crippen LogP contribution in [0.1, 0.15) is 28.6 Å². The van der Waals surface area contributed by atoms with Crippen LogP contribution in [0.5, 0.6) is 0 Å². The number of aryl methyl sites for hydroxylation is 2. The Morgan fingerprint density at radius 2 is 2.00 bits per heavy atom. The van der Waals surface area contributed by atoms with E-state index < -0.39 is 0 Å². The molecule has 1 heterocycles. The van der Waals surface area contributed by atoms with Crippen LogP contribution in [-0.4, -0.2) is 16.8 Å². The molecular formula is C15H19Cl2N3. The largest absolute Gasteiger partial charge is 0.313 e. The molecule has 1 unspecified atom stereocenters. The van der Waals surface area contributed by atoms with Gasteiger partial charge in [-0.25, -0.2) is 0 Å². The second kappa shape index (κ2) is 6.17. The zero-order chi connectivity index (χ0) is 14.9. The molecule has 0 radical (unpaired) electrons. The molecule has 0 saturated carbocycles. The Morgan fingerprint density at radius 1 is 1.30 bits per heavy atom. The highest BCUT2D eigenvalue weighted by Gasteiger charge is 2.20. The van der Waals surface area contributed by atoms with E-state index in [0.717, 1.165) is 17.7 Å². The number of halogens is 2. The molecule has 0 spiro atoms. The van der Waals surface area contributed by atoms with E-state index in [0.29, 0.717) is 10.0 Å². The maximum atomic E-state index is 6.27. The van der Waals surface area contributed by atoms with Crippen LogP contribution in [0.25, 0.3) is 0 Å². The van der Waals surface area contributed by atoms with Crippen molar-refractivity contribution in [3.05, 3.63) is 50.8 Å². The lowest BCUT2D eigenvalue weighted by molar-refractivity contribution is 0.584. The third kappa shape index (κ3) is 3.00. The van der Waals surface area contributed by atoms with Crippen LogP contribution in [0.4, 0.5) is 0 Å². The van der Waals surface area contributed by atoms with Gasteiger partial charge in [0.15, 0.2) is 0 Å². The van der Waals surface area contributed by atoms with Gasteiger partial charge in [-0.2, -0.15) is 5.10 Å². The summed E-state index contributed by atoms with van der Waals surface area (Å²) in [4.78, 5) is 0. The van der Waals surface area contributed by atoms with Crippen molar-refractivity contribution in [1.82, 2.24) is 15.1 Å². The quantitative estimate of drug-likeness (QED) is 0.929. The molecule has 0 amide bonds. The van der Waals surface area contributed by atoms with E-state index in [1.54, 1.807) is 6.07 Å². The van der Waals surface area contributed by atoms with Crippen LogP contribution >= 0.6 is 23.2 Å². The van der Waals surface area contributed by atoms with E-state index >= 15 is 0 Å². The van der Waals surface area contributed by atoms with Crippen molar-refractivity contribution in [2.24, 2.45) is 7.05 Å². The van der Waals surface area contributed by atoms with Gasteiger partial charge in [0.1, 0.15) is 0 Å². The van der Waals surface area contributed by atoms with Crippen LogP contribution in [0, 0.1) is 13.8 Å². The lowest BCUT2D eigenvalue weighted by atomic mass is 9.97. The molecule has 0 aliphatic heterocycles. The summed E-state index contributed by atoms with van der Waals surface area (Å²) in [6.07, 6.45) is 0.805. The lowest BCUT2D eigenvalue weighted by Gasteiger charge is -2.18. The molecule has 20 heavy (non-hydrogen) atoms. The zero-order valence-corrected chi connectivity index (χ0v) is 13.7. The number of benzene rings is 1. The SMILES string of the molecule is CNC(Cc1ccc(Cl)cc1Cl)c1c(C)nn(C)c1C. The number of hydrogen-bond acceptors (Lipinski definition) is 2. The van der Waals surface area contributed by atoms with E-state index in [4.69, 9.17) is 23.2 Å². The van der Waals surface area contributed by atoms with Gasteiger partial charge in [0, 0.05) is 34.4 Å². The molecule has 3 nitrogen and oxygen atoms in total. The lowest BCUT2D eigenvalue weighted by Crippen LogP contribution is -2.20. The van der Waals surface area contributed by atoms with E-state index in [1.165, 1.54) is 11.3 Å². The van der Waals surface area contributed by atoms with Crippen LogP contribution in [0.2, 0.25) is 10.0 Å². The normalized spacial score (nSPS) is 12.7. The fourth-order valence-corrected chi connectivity index (χ4v) is 3.04. The summed E-state index contributed by atoms with van der Waals surface area (Å²) < 4.78 is 1.92. The molecule has 0 aliphatic rings. The monoisotopic (exact) mass is 311 g/mol. The summed E-state index contributed by atoms with van der Waals surface area (Å²) in [6.45, 7) is 4.12. The number of nitrogens with zero attached hydrogens (tertiary/aromatic N) is 2. The number of nitrogens with one attached hydrogen (secondary N) is 1. The van der Waals surface area contributed by atoms with Crippen molar-refractivity contribution in [2.45, 2.75) is 26.3 Å². The average molecular weight is 312 g/mol. The minimum Gasteiger partial charge on any atom is -0.313 e. The molecule has 2 aromatic rings. The second-order valence-electron chi connectivity index (χ2n) is 4.99. The van der Waals surface area contributed by atoms with Crippen LogP contribution < -0.4 is 5.32 Å². The molecule has 0 bridgehead atoms. The molecule has 1 aromatic heterocycles. The van der Waals surface area contributed by atoms with Gasteiger partial charge in [-0.15, -0.1) is 0 Å². The Kier molecular flexibility index (Phi) is 4.74. The predicted octanol–water partition coefficient (Wildman–Crippen LogP) is 3.85. The molecule has 0 saturated heterocycles. The maximum Gasteiger partial charge on any atom is 0.0644 e.